The number of carbonyl (C=O) groups excluding carboxylic acids is 3. The number of nitrogens with one attached hydrogen (secondary N) is 2. The molecule has 7 nitrogen and oxygen atoms in total. The number of carbonyl (C=O) groups is 3. The molecule has 2 N–H and O–H groups in total. The predicted octanol–water partition coefficient (Wildman–Crippen LogP) is 5.54. The van der Waals surface area contributed by atoms with Gasteiger partial charge in [0, 0.05) is 22.1 Å². The third kappa shape index (κ3) is 3.33. The number of nitrogens with zero attached hydrogens (tertiary/aromatic N) is 1. The lowest BCUT2D eigenvalue weighted by Crippen LogP contribution is -2.51. The molecule has 39 heavy (non-hydrogen) atoms. The van der Waals surface area contributed by atoms with Gasteiger partial charge in [0.2, 0.25) is 17.6 Å². The molecule has 0 aliphatic carbocycles. The molecular formula is C31H22ClN3O4. The van der Waals surface area contributed by atoms with E-state index in [1.165, 1.54) is 6.26 Å². The number of amides is 2. The number of Topliss-reactive ketones (excluding diaryl/α,β-unsaturated/α-hetero) is 1. The third-order valence-electron chi connectivity index (χ3n) is 7.97. The summed E-state index contributed by atoms with van der Waals surface area (Å²) in [5.74, 6) is -2.15. The van der Waals surface area contributed by atoms with Crippen molar-refractivity contribution in [3.8, 4) is 0 Å². The molecule has 4 aromatic rings. The normalized spacial score (nSPS) is 24.2. The molecule has 4 heterocycles. The highest BCUT2D eigenvalue weighted by Gasteiger charge is 2.70. The highest BCUT2D eigenvalue weighted by Crippen LogP contribution is 2.57. The van der Waals surface area contributed by atoms with E-state index in [0.29, 0.717) is 22.0 Å². The number of furan rings is 1. The van der Waals surface area contributed by atoms with Crippen LogP contribution in [0.25, 0.3) is 6.08 Å². The molecule has 8 heteroatoms. The lowest BCUT2D eigenvalue weighted by molar-refractivity contribution is -0.122. The summed E-state index contributed by atoms with van der Waals surface area (Å²) in [5.41, 5.74) is 2.13. The second-order valence-corrected chi connectivity index (χ2v) is 10.3. The van der Waals surface area contributed by atoms with E-state index in [9.17, 15) is 14.4 Å². The summed E-state index contributed by atoms with van der Waals surface area (Å²) in [6.07, 6.45) is 5.31. The van der Waals surface area contributed by atoms with Gasteiger partial charge >= 0.3 is 0 Å². The zero-order chi connectivity index (χ0) is 26.7. The third-order valence-corrected chi connectivity index (χ3v) is 8.22. The van der Waals surface area contributed by atoms with Gasteiger partial charge < -0.3 is 20.0 Å². The number of fused-ring (bicyclic) bond motifs is 6. The number of rotatable bonds is 4. The van der Waals surface area contributed by atoms with Crippen LogP contribution in [0.5, 0.6) is 0 Å². The van der Waals surface area contributed by atoms with Gasteiger partial charge in [-0.25, -0.2) is 0 Å². The van der Waals surface area contributed by atoms with Crippen molar-refractivity contribution >= 4 is 52.3 Å². The van der Waals surface area contributed by atoms with Crippen molar-refractivity contribution in [3.05, 3.63) is 119 Å². The summed E-state index contributed by atoms with van der Waals surface area (Å²) in [4.78, 5) is 44.7. The Kier molecular flexibility index (Phi) is 5.25. The molecule has 2 amide bonds. The van der Waals surface area contributed by atoms with Gasteiger partial charge in [0.05, 0.1) is 18.2 Å². The maximum atomic E-state index is 14.4. The fraction of sp³-hybridized carbons (Fsp3) is 0.129. The number of anilines is 3. The SMILES string of the molecule is O=C(c1ccco1)[C@@H]1[C@H](C(=O)Nc2ccc(Cl)cc2)N2c3ccccc3C=C[C@H]2[C@@]12C(=O)Nc1ccccc12. The molecule has 3 aromatic carbocycles. The molecule has 3 aliphatic heterocycles. The van der Waals surface area contributed by atoms with Crippen molar-refractivity contribution in [1.29, 1.82) is 0 Å². The Hall–Kier alpha value is -4.62. The van der Waals surface area contributed by atoms with Crippen molar-refractivity contribution in [1.82, 2.24) is 0 Å². The first kappa shape index (κ1) is 23.5. The molecule has 7 rings (SSSR count). The first-order valence-corrected chi connectivity index (χ1v) is 13.0. The topological polar surface area (TPSA) is 91.7 Å². The molecule has 0 unspecified atom stereocenters. The van der Waals surface area contributed by atoms with Gasteiger partial charge in [-0.1, -0.05) is 60.2 Å². The van der Waals surface area contributed by atoms with Crippen molar-refractivity contribution in [2.45, 2.75) is 17.5 Å². The molecule has 1 saturated heterocycles. The molecule has 3 aliphatic rings. The van der Waals surface area contributed by atoms with Crippen LogP contribution in [-0.4, -0.2) is 29.7 Å². The summed E-state index contributed by atoms with van der Waals surface area (Å²) in [6, 6.07) is 23.4. The summed E-state index contributed by atoms with van der Waals surface area (Å²) in [7, 11) is 0. The molecule has 1 fully saturated rings. The van der Waals surface area contributed by atoms with Gasteiger partial charge in [-0.2, -0.15) is 0 Å². The number of halogens is 1. The highest BCUT2D eigenvalue weighted by molar-refractivity contribution is 6.30. The molecule has 0 saturated carbocycles. The van der Waals surface area contributed by atoms with Crippen LogP contribution in [0.15, 0.2) is 102 Å². The van der Waals surface area contributed by atoms with E-state index < -0.39 is 35.1 Å². The predicted molar refractivity (Wildman–Crippen MR) is 149 cm³/mol. The molecule has 1 aromatic heterocycles. The fourth-order valence-electron chi connectivity index (χ4n) is 6.44. The molecule has 4 atom stereocenters. The van der Waals surface area contributed by atoms with E-state index in [1.54, 1.807) is 36.4 Å². The molecule has 1 spiro atoms. The Morgan fingerprint density at radius 2 is 1.72 bits per heavy atom. The zero-order valence-corrected chi connectivity index (χ0v) is 21.3. The lowest BCUT2D eigenvalue weighted by atomic mass is 9.65. The van der Waals surface area contributed by atoms with E-state index in [4.69, 9.17) is 16.0 Å². The quantitative estimate of drug-likeness (QED) is 0.335. The van der Waals surface area contributed by atoms with E-state index in [-0.39, 0.29) is 11.7 Å². The van der Waals surface area contributed by atoms with Crippen LogP contribution in [0.1, 0.15) is 21.7 Å². The monoisotopic (exact) mass is 535 g/mol. The van der Waals surface area contributed by atoms with Crippen LogP contribution in [0.4, 0.5) is 17.1 Å². The standard InChI is InChI=1S/C31H22ClN3O4/c32-19-12-14-20(15-13-19)33-29(37)27-26(28(36)24-10-5-17-39-24)31(21-7-2-3-8-22(21)34-30(31)38)25-16-11-18-6-1-4-9-23(18)35(25)27/h1-17,25-27H,(H,33,37)(H,34,38)/t25-,26-,27+,31+/m0/s1. The van der Waals surface area contributed by atoms with Gasteiger partial charge in [-0.15, -0.1) is 0 Å². The lowest BCUT2D eigenvalue weighted by Gasteiger charge is -2.37. The van der Waals surface area contributed by atoms with Crippen LogP contribution in [0, 0.1) is 5.92 Å². The second-order valence-electron chi connectivity index (χ2n) is 9.90. The fourth-order valence-corrected chi connectivity index (χ4v) is 6.57. The van der Waals surface area contributed by atoms with Crippen molar-refractivity contribution in [2.75, 3.05) is 15.5 Å². The van der Waals surface area contributed by atoms with Crippen molar-refractivity contribution in [3.63, 3.8) is 0 Å². The minimum absolute atomic E-state index is 0.0953. The first-order chi connectivity index (χ1) is 19.0. The number of ketones is 1. The van der Waals surface area contributed by atoms with E-state index in [0.717, 1.165) is 11.3 Å². The Bertz CT molecular complexity index is 1660. The number of hydrogen-bond donors (Lipinski definition) is 2. The molecule has 0 bridgehead atoms. The van der Waals surface area contributed by atoms with Crippen LogP contribution in [0.2, 0.25) is 5.02 Å². The minimum atomic E-state index is -1.38. The molecular weight excluding hydrogens is 514 g/mol. The van der Waals surface area contributed by atoms with E-state index in [1.807, 2.05) is 65.6 Å². The Balaban J connectivity index is 1.48. The maximum absolute atomic E-state index is 14.4. The van der Waals surface area contributed by atoms with Gasteiger partial charge in [-0.05, 0) is 59.7 Å². The number of benzene rings is 3. The van der Waals surface area contributed by atoms with Gasteiger partial charge in [0.15, 0.2) is 5.76 Å². The maximum Gasteiger partial charge on any atom is 0.247 e. The first-order valence-electron chi connectivity index (χ1n) is 12.6. The summed E-state index contributed by atoms with van der Waals surface area (Å²) < 4.78 is 5.55. The van der Waals surface area contributed by atoms with Crippen LogP contribution in [-0.2, 0) is 15.0 Å². The molecule has 0 radical (unpaired) electrons. The second kappa shape index (κ2) is 8.71. The van der Waals surface area contributed by atoms with Gasteiger partial charge in [0.25, 0.3) is 0 Å². The van der Waals surface area contributed by atoms with Crippen LogP contribution >= 0.6 is 11.6 Å². The summed E-state index contributed by atoms with van der Waals surface area (Å²) in [5, 5.41) is 6.51. The van der Waals surface area contributed by atoms with Crippen molar-refractivity contribution in [2.24, 2.45) is 5.92 Å². The Morgan fingerprint density at radius 3 is 2.51 bits per heavy atom. The minimum Gasteiger partial charge on any atom is -0.461 e. The van der Waals surface area contributed by atoms with Crippen molar-refractivity contribution < 1.29 is 18.8 Å². The zero-order valence-electron chi connectivity index (χ0n) is 20.5. The van der Waals surface area contributed by atoms with Gasteiger partial charge in [0.1, 0.15) is 11.5 Å². The average Bonchev–Trinajstić information content (AvgIpc) is 3.67. The highest BCUT2D eigenvalue weighted by atomic mass is 35.5. The van der Waals surface area contributed by atoms with Gasteiger partial charge in [-0.3, -0.25) is 14.4 Å². The molecule has 192 valence electrons. The van der Waals surface area contributed by atoms with Crippen LogP contribution < -0.4 is 15.5 Å². The Morgan fingerprint density at radius 1 is 0.949 bits per heavy atom. The smallest absolute Gasteiger partial charge is 0.247 e. The number of hydrogen-bond acceptors (Lipinski definition) is 5. The average molecular weight is 536 g/mol. The van der Waals surface area contributed by atoms with Crippen LogP contribution in [0.3, 0.4) is 0 Å². The Labute approximate surface area is 229 Å². The van der Waals surface area contributed by atoms with E-state index in [2.05, 4.69) is 10.6 Å². The largest absolute Gasteiger partial charge is 0.461 e. The van der Waals surface area contributed by atoms with E-state index >= 15 is 0 Å². The summed E-state index contributed by atoms with van der Waals surface area (Å²) >= 11 is 6.06. The number of para-hydroxylation sites is 2. The summed E-state index contributed by atoms with van der Waals surface area (Å²) in [6.45, 7) is 0.